The summed E-state index contributed by atoms with van der Waals surface area (Å²) in [6.45, 7) is 4.52. The van der Waals surface area contributed by atoms with E-state index in [1.54, 1.807) is 6.07 Å². The van der Waals surface area contributed by atoms with Crippen molar-refractivity contribution in [3.05, 3.63) is 35.4 Å². The Morgan fingerprint density at radius 3 is 2.68 bits per heavy atom. The molecule has 19 heavy (non-hydrogen) atoms. The maximum atomic E-state index is 11.0. The fourth-order valence-corrected chi connectivity index (χ4v) is 2.75. The molecule has 0 spiro atoms. The highest BCUT2D eigenvalue weighted by molar-refractivity contribution is 7.19. The normalized spacial score (nSPS) is 10.4. The number of hydrogen-bond acceptors (Lipinski definition) is 4. The number of benzene rings is 1. The highest BCUT2D eigenvalue weighted by atomic mass is 32.1. The number of aryl methyl sites for hydroxylation is 1. The molecule has 1 aromatic carbocycles. The van der Waals surface area contributed by atoms with Crippen LogP contribution in [0, 0.1) is 6.92 Å². The third kappa shape index (κ3) is 2.71. The average molecular weight is 277 g/mol. The molecule has 5 heteroatoms. The van der Waals surface area contributed by atoms with Crippen LogP contribution in [0.25, 0.3) is 10.4 Å². The van der Waals surface area contributed by atoms with Crippen molar-refractivity contribution in [3.8, 4) is 16.2 Å². The van der Waals surface area contributed by atoms with Crippen LogP contribution in [0.5, 0.6) is 5.75 Å². The Morgan fingerprint density at radius 2 is 2.16 bits per heavy atom. The molecule has 0 saturated carbocycles. The van der Waals surface area contributed by atoms with E-state index < -0.39 is 5.97 Å². The minimum absolute atomic E-state index is 0.159. The van der Waals surface area contributed by atoms with Gasteiger partial charge in [-0.05, 0) is 49.2 Å². The molecule has 4 nitrogen and oxygen atoms in total. The first-order chi connectivity index (χ1) is 9.02. The van der Waals surface area contributed by atoms with Gasteiger partial charge in [-0.2, -0.15) is 0 Å². The summed E-state index contributed by atoms with van der Waals surface area (Å²) < 4.78 is 5.48. The van der Waals surface area contributed by atoms with Crippen LogP contribution in [0.4, 0.5) is 5.00 Å². The first kappa shape index (κ1) is 13.4. The highest BCUT2D eigenvalue weighted by Gasteiger charge is 2.14. The molecule has 1 heterocycles. The van der Waals surface area contributed by atoms with Crippen LogP contribution >= 0.6 is 11.3 Å². The van der Waals surface area contributed by atoms with Gasteiger partial charge in [-0.1, -0.05) is 0 Å². The van der Waals surface area contributed by atoms with Crippen LogP contribution in [0.1, 0.15) is 22.8 Å². The van der Waals surface area contributed by atoms with Crippen LogP contribution in [0.3, 0.4) is 0 Å². The van der Waals surface area contributed by atoms with Gasteiger partial charge < -0.3 is 15.6 Å². The highest BCUT2D eigenvalue weighted by Crippen LogP contribution is 2.35. The molecule has 0 radical (unpaired) electrons. The summed E-state index contributed by atoms with van der Waals surface area (Å²) in [6, 6.07) is 7.39. The molecule has 1 aromatic heterocycles. The van der Waals surface area contributed by atoms with Crippen molar-refractivity contribution < 1.29 is 14.6 Å². The lowest BCUT2D eigenvalue weighted by Gasteiger charge is -2.08. The molecule has 0 fully saturated rings. The average Bonchev–Trinajstić information content (AvgIpc) is 2.74. The second-order valence-electron chi connectivity index (χ2n) is 4.11. The van der Waals surface area contributed by atoms with Crippen LogP contribution in [0.15, 0.2) is 24.3 Å². The Hall–Kier alpha value is -2.01. The lowest BCUT2D eigenvalue weighted by molar-refractivity contribution is 0.0698. The zero-order chi connectivity index (χ0) is 14.0. The van der Waals surface area contributed by atoms with Crippen LogP contribution < -0.4 is 10.5 Å². The van der Waals surface area contributed by atoms with Crippen molar-refractivity contribution in [1.82, 2.24) is 0 Å². The van der Waals surface area contributed by atoms with Crippen molar-refractivity contribution in [2.75, 3.05) is 12.3 Å². The summed E-state index contributed by atoms with van der Waals surface area (Å²) in [7, 11) is 0. The van der Waals surface area contributed by atoms with Gasteiger partial charge in [0.05, 0.1) is 12.2 Å². The van der Waals surface area contributed by atoms with Gasteiger partial charge in [-0.3, -0.25) is 0 Å². The quantitative estimate of drug-likeness (QED) is 0.898. The predicted molar refractivity (Wildman–Crippen MR) is 77.0 cm³/mol. The number of carboxylic acid groups (broad SMARTS) is 1. The molecule has 0 unspecified atom stereocenters. The maximum absolute atomic E-state index is 11.0. The lowest BCUT2D eigenvalue weighted by atomic mass is 10.1. The fourth-order valence-electron chi connectivity index (χ4n) is 1.83. The van der Waals surface area contributed by atoms with Crippen molar-refractivity contribution in [2.45, 2.75) is 13.8 Å². The number of carboxylic acids is 1. The molecular formula is C14H15NO3S. The number of nitrogens with two attached hydrogens (primary N) is 1. The first-order valence-electron chi connectivity index (χ1n) is 5.89. The van der Waals surface area contributed by atoms with Gasteiger partial charge in [0.2, 0.25) is 0 Å². The van der Waals surface area contributed by atoms with E-state index in [0.29, 0.717) is 11.6 Å². The summed E-state index contributed by atoms with van der Waals surface area (Å²) >= 11 is 1.28. The van der Waals surface area contributed by atoms with Gasteiger partial charge in [0.1, 0.15) is 10.8 Å². The molecule has 2 rings (SSSR count). The Kier molecular flexibility index (Phi) is 3.76. The number of hydrogen-bond donors (Lipinski definition) is 2. The number of thiophene rings is 1. The van der Waals surface area contributed by atoms with Gasteiger partial charge in [-0.15, -0.1) is 11.3 Å². The molecule has 0 saturated heterocycles. The van der Waals surface area contributed by atoms with Crippen molar-refractivity contribution in [3.63, 3.8) is 0 Å². The number of aromatic carboxylic acids is 1. The van der Waals surface area contributed by atoms with E-state index in [1.165, 1.54) is 11.3 Å². The van der Waals surface area contributed by atoms with E-state index >= 15 is 0 Å². The van der Waals surface area contributed by atoms with Crippen molar-refractivity contribution in [1.29, 1.82) is 0 Å². The first-order valence-corrected chi connectivity index (χ1v) is 6.71. The molecule has 0 amide bonds. The van der Waals surface area contributed by atoms with Gasteiger partial charge in [0, 0.05) is 4.88 Å². The van der Waals surface area contributed by atoms with Gasteiger partial charge in [0.15, 0.2) is 0 Å². The SMILES string of the molecule is CCOc1ccc(-c2cc(C(=O)O)c(N)s2)cc1C. The topological polar surface area (TPSA) is 72.5 Å². The third-order valence-electron chi connectivity index (χ3n) is 2.75. The van der Waals surface area contributed by atoms with Gasteiger partial charge in [0.25, 0.3) is 0 Å². The van der Waals surface area contributed by atoms with E-state index in [2.05, 4.69) is 0 Å². The summed E-state index contributed by atoms with van der Waals surface area (Å²) in [6.07, 6.45) is 0. The number of rotatable bonds is 4. The standard InChI is InChI=1S/C14H15NO3S/c1-3-18-11-5-4-9(6-8(11)2)12-7-10(14(16)17)13(15)19-12/h4-7H,3,15H2,1-2H3,(H,16,17). The summed E-state index contributed by atoms with van der Waals surface area (Å²) in [5, 5.41) is 9.33. The summed E-state index contributed by atoms with van der Waals surface area (Å²) in [5.74, 6) is -0.156. The van der Waals surface area contributed by atoms with Crippen molar-refractivity contribution in [2.24, 2.45) is 0 Å². The van der Waals surface area contributed by atoms with Gasteiger partial charge >= 0.3 is 5.97 Å². The number of anilines is 1. The monoisotopic (exact) mass is 277 g/mol. The zero-order valence-corrected chi connectivity index (χ0v) is 11.6. The molecule has 3 N–H and O–H groups in total. The van der Waals surface area contributed by atoms with Gasteiger partial charge in [-0.25, -0.2) is 4.79 Å². The Bertz CT molecular complexity index is 619. The molecule has 0 aliphatic heterocycles. The molecule has 2 aromatic rings. The van der Waals surface area contributed by atoms with Crippen LogP contribution in [0.2, 0.25) is 0 Å². The van der Waals surface area contributed by atoms with Crippen LogP contribution in [-0.4, -0.2) is 17.7 Å². The predicted octanol–water partition coefficient (Wildman–Crippen LogP) is 3.40. The zero-order valence-electron chi connectivity index (χ0n) is 10.8. The van der Waals surface area contributed by atoms with Crippen LogP contribution in [-0.2, 0) is 0 Å². The molecular weight excluding hydrogens is 262 g/mol. The minimum Gasteiger partial charge on any atom is -0.494 e. The fraction of sp³-hybridized carbons (Fsp3) is 0.214. The molecule has 0 atom stereocenters. The van der Waals surface area contributed by atoms with E-state index in [4.69, 9.17) is 15.6 Å². The Labute approximate surface area is 115 Å². The Balaban J connectivity index is 2.39. The third-order valence-corrected chi connectivity index (χ3v) is 3.76. The number of carbonyl (C=O) groups is 1. The smallest absolute Gasteiger partial charge is 0.338 e. The van der Waals surface area contributed by atoms with Crippen molar-refractivity contribution >= 4 is 22.3 Å². The second kappa shape index (κ2) is 5.32. The molecule has 0 aliphatic rings. The molecule has 0 bridgehead atoms. The van der Waals surface area contributed by atoms with E-state index in [-0.39, 0.29) is 5.56 Å². The lowest BCUT2D eigenvalue weighted by Crippen LogP contribution is -1.97. The number of ether oxygens (including phenoxy) is 1. The molecule has 100 valence electrons. The minimum atomic E-state index is -0.998. The summed E-state index contributed by atoms with van der Waals surface area (Å²) in [4.78, 5) is 11.8. The largest absolute Gasteiger partial charge is 0.494 e. The number of nitrogen functional groups attached to an aromatic ring is 1. The Morgan fingerprint density at radius 1 is 1.42 bits per heavy atom. The second-order valence-corrected chi connectivity index (χ2v) is 5.19. The maximum Gasteiger partial charge on any atom is 0.338 e. The van der Waals surface area contributed by atoms with E-state index in [9.17, 15) is 4.79 Å². The van der Waals surface area contributed by atoms with E-state index in [1.807, 2.05) is 32.0 Å². The summed E-state index contributed by atoms with van der Waals surface area (Å²) in [5.41, 5.74) is 7.83. The van der Waals surface area contributed by atoms with E-state index in [0.717, 1.165) is 21.8 Å². The molecule has 0 aliphatic carbocycles.